The van der Waals surface area contributed by atoms with E-state index in [-0.39, 0.29) is 5.75 Å². The molecule has 0 fully saturated rings. The van der Waals surface area contributed by atoms with Crippen molar-refractivity contribution in [2.75, 3.05) is 0 Å². The van der Waals surface area contributed by atoms with E-state index >= 15 is 0 Å². The minimum absolute atomic E-state index is 0.262. The zero-order valence-electron chi connectivity index (χ0n) is 8.04. The first-order valence-corrected chi connectivity index (χ1v) is 4.58. The molecular weight excluding hydrogens is 188 g/mol. The molecule has 0 aliphatic rings. The monoisotopic (exact) mass is 198 g/mol. The van der Waals surface area contributed by atoms with Crippen molar-refractivity contribution in [1.29, 1.82) is 0 Å². The molecule has 1 N–H and O–H groups in total. The van der Waals surface area contributed by atoms with E-state index < -0.39 is 0 Å². The van der Waals surface area contributed by atoms with Crippen LogP contribution in [-0.4, -0.2) is 15.1 Å². The van der Waals surface area contributed by atoms with Crippen molar-refractivity contribution < 1.29 is 5.11 Å². The first kappa shape index (κ1) is 9.40. The molecule has 3 heteroatoms. The number of hydrogen-bond acceptors (Lipinski definition) is 3. The summed E-state index contributed by atoms with van der Waals surface area (Å²) >= 11 is 0. The van der Waals surface area contributed by atoms with E-state index in [0.717, 1.165) is 11.3 Å². The average molecular weight is 198 g/mol. The van der Waals surface area contributed by atoms with Crippen molar-refractivity contribution in [3.8, 4) is 5.75 Å². The molecule has 0 atom stereocenters. The fraction of sp³-hybridized carbons (Fsp3) is 0. The van der Waals surface area contributed by atoms with E-state index in [2.05, 4.69) is 9.97 Å². The lowest BCUT2D eigenvalue weighted by Gasteiger charge is -1.96. The molecule has 0 radical (unpaired) electrons. The van der Waals surface area contributed by atoms with Crippen molar-refractivity contribution in [1.82, 2.24) is 9.97 Å². The molecule has 0 bridgehead atoms. The van der Waals surface area contributed by atoms with E-state index in [4.69, 9.17) is 0 Å². The van der Waals surface area contributed by atoms with Crippen molar-refractivity contribution in [2.45, 2.75) is 0 Å². The van der Waals surface area contributed by atoms with Crippen LogP contribution in [0.25, 0.3) is 12.2 Å². The Bertz CT molecular complexity index is 466. The summed E-state index contributed by atoms with van der Waals surface area (Å²) in [7, 11) is 0. The smallest absolute Gasteiger partial charge is 0.122 e. The molecule has 0 saturated carbocycles. The summed E-state index contributed by atoms with van der Waals surface area (Å²) in [5.74, 6) is 0.262. The molecule has 3 nitrogen and oxygen atoms in total. The van der Waals surface area contributed by atoms with Crippen LogP contribution >= 0.6 is 0 Å². The van der Waals surface area contributed by atoms with Gasteiger partial charge in [0, 0.05) is 18.0 Å². The Labute approximate surface area is 87.8 Å². The van der Waals surface area contributed by atoms with Crippen LogP contribution in [0.3, 0.4) is 0 Å². The minimum Gasteiger partial charge on any atom is -0.507 e. The molecule has 15 heavy (non-hydrogen) atoms. The first-order chi connectivity index (χ1) is 7.36. The second kappa shape index (κ2) is 4.37. The Morgan fingerprint density at radius 3 is 2.67 bits per heavy atom. The summed E-state index contributed by atoms with van der Waals surface area (Å²) in [4.78, 5) is 8.04. The maximum atomic E-state index is 9.50. The van der Waals surface area contributed by atoms with Gasteiger partial charge in [0.05, 0.1) is 11.9 Å². The van der Waals surface area contributed by atoms with Crippen LogP contribution in [0, 0.1) is 0 Å². The van der Waals surface area contributed by atoms with Crippen molar-refractivity contribution in [2.24, 2.45) is 0 Å². The standard InChI is InChI=1S/C12H10N2O/c15-12-4-2-1-3-10(12)5-6-11-9-13-7-8-14-11/h1-9,15H/b6-5-. The van der Waals surface area contributed by atoms with Crippen LogP contribution in [0.5, 0.6) is 5.75 Å². The van der Waals surface area contributed by atoms with Crippen LogP contribution in [0.4, 0.5) is 0 Å². The Balaban J connectivity index is 2.23. The van der Waals surface area contributed by atoms with Gasteiger partial charge in [0.25, 0.3) is 0 Å². The van der Waals surface area contributed by atoms with E-state index in [1.807, 2.05) is 18.2 Å². The Hall–Kier alpha value is -2.16. The lowest BCUT2D eigenvalue weighted by Crippen LogP contribution is -1.80. The second-order valence-electron chi connectivity index (χ2n) is 3.02. The third kappa shape index (κ3) is 2.40. The molecule has 2 aromatic rings. The van der Waals surface area contributed by atoms with Gasteiger partial charge in [0.1, 0.15) is 5.75 Å². The third-order valence-corrected chi connectivity index (χ3v) is 1.95. The molecule has 0 spiro atoms. The van der Waals surface area contributed by atoms with Crippen LogP contribution in [0.1, 0.15) is 11.3 Å². The van der Waals surface area contributed by atoms with Crippen molar-refractivity contribution in [3.05, 3.63) is 54.1 Å². The van der Waals surface area contributed by atoms with Crippen LogP contribution in [0.15, 0.2) is 42.9 Å². The van der Waals surface area contributed by atoms with Gasteiger partial charge >= 0.3 is 0 Å². The van der Waals surface area contributed by atoms with Crippen LogP contribution < -0.4 is 0 Å². The first-order valence-electron chi connectivity index (χ1n) is 4.58. The molecule has 0 aliphatic carbocycles. The van der Waals surface area contributed by atoms with Gasteiger partial charge in [0.2, 0.25) is 0 Å². The van der Waals surface area contributed by atoms with Gasteiger partial charge in [-0.2, -0.15) is 0 Å². The topological polar surface area (TPSA) is 46.0 Å². The quantitative estimate of drug-likeness (QED) is 0.805. The van der Waals surface area contributed by atoms with Gasteiger partial charge in [-0.15, -0.1) is 0 Å². The molecule has 1 heterocycles. The van der Waals surface area contributed by atoms with Crippen LogP contribution in [-0.2, 0) is 0 Å². The summed E-state index contributed by atoms with van der Waals surface area (Å²) in [5, 5.41) is 9.50. The van der Waals surface area contributed by atoms with Gasteiger partial charge < -0.3 is 5.11 Å². The highest BCUT2D eigenvalue weighted by molar-refractivity contribution is 5.70. The Morgan fingerprint density at radius 2 is 1.93 bits per heavy atom. The third-order valence-electron chi connectivity index (χ3n) is 1.95. The second-order valence-corrected chi connectivity index (χ2v) is 3.02. The van der Waals surface area contributed by atoms with Crippen molar-refractivity contribution >= 4 is 12.2 Å². The predicted molar refractivity (Wildman–Crippen MR) is 59.1 cm³/mol. The number of rotatable bonds is 2. The lowest BCUT2D eigenvalue weighted by atomic mass is 10.2. The van der Waals surface area contributed by atoms with Gasteiger partial charge in [-0.05, 0) is 18.2 Å². The highest BCUT2D eigenvalue weighted by Crippen LogP contribution is 2.17. The van der Waals surface area contributed by atoms with Gasteiger partial charge in [-0.1, -0.05) is 18.2 Å². The number of hydrogen-bond donors (Lipinski definition) is 1. The van der Waals surface area contributed by atoms with E-state index in [1.54, 1.807) is 36.8 Å². The summed E-state index contributed by atoms with van der Waals surface area (Å²) in [6.45, 7) is 0. The molecule has 2 rings (SSSR count). The molecule has 0 unspecified atom stereocenters. The highest BCUT2D eigenvalue weighted by atomic mass is 16.3. The number of benzene rings is 1. The number of para-hydroxylation sites is 1. The maximum absolute atomic E-state index is 9.50. The average Bonchev–Trinajstić information content (AvgIpc) is 2.29. The zero-order chi connectivity index (χ0) is 10.5. The molecule has 0 aliphatic heterocycles. The number of nitrogens with zero attached hydrogens (tertiary/aromatic N) is 2. The van der Waals surface area contributed by atoms with Gasteiger partial charge in [0.15, 0.2) is 0 Å². The van der Waals surface area contributed by atoms with E-state index in [0.29, 0.717) is 0 Å². The molecule has 74 valence electrons. The minimum atomic E-state index is 0.262. The summed E-state index contributed by atoms with van der Waals surface area (Å²) in [5.41, 5.74) is 1.53. The SMILES string of the molecule is Oc1ccccc1/C=C\c1cnccn1. The number of phenols is 1. The van der Waals surface area contributed by atoms with E-state index in [9.17, 15) is 5.11 Å². The molecule has 0 saturated heterocycles. The summed E-state index contributed by atoms with van der Waals surface area (Å²) in [6, 6.07) is 7.14. The highest BCUT2D eigenvalue weighted by Gasteiger charge is 1.93. The fourth-order valence-electron chi connectivity index (χ4n) is 1.20. The molecule has 0 amide bonds. The molecule has 1 aromatic heterocycles. The number of aromatic nitrogens is 2. The van der Waals surface area contributed by atoms with E-state index in [1.165, 1.54) is 0 Å². The summed E-state index contributed by atoms with van der Waals surface area (Å²) < 4.78 is 0. The lowest BCUT2D eigenvalue weighted by molar-refractivity contribution is 0.474. The maximum Gasteiger partial charge on any atom is 0.122 e. The Kier molecular flexibility index (Phi) is 2.74. The number of aromatic hydroxyl groups is 1. The van der Waals surface area contributed by atoms with Crippen molar-refractivity contribution in [3.63, 3.8) is 0 Å². The number of phenolic OH excluding ortho intramolecular Hbond substituents is 1. The summed E-state index contributed by atoms with van der Waals surface area (Å²) in [6.07, 6.45) is 8.53. The molecule has 1 aromatic carbocycles. The van der Waals surface area contributed by atoms with Gasteiger partial charge in [-0.3, -0.25) is 9.97 Å². The fourth-order valence-corrected chi connectivity index (χ4v) is 1.20. The zero-order valence-corrected chi connectivity index (χ0v) is 8.04. The predicted octanol–water partition coefficient (Wildman–Crippen LogP) is 2.35. The van der Waals surface area contributed by atoms with Gasteiger partial charge in [-0.25, -0.2) is 0 Å². The van der Waals surface area contributed by atoms with Crippen LogP contribution in [0.2, 0.25) is 0 Å². The normalized spacial score (nSPS) is 10.7. The Morgan fingerprint density at radius 1 is 1.07 bits per heavy atom. The molecular formula is C12H10N2O. The largest absolute Gasteiger partial charge is 0.507 e.